The normalized spacial score (nSPS) is 8.33. The summed E-state index contributed by atoms with van der Waals surface area (Å²) in [6.45, 7) is 7.52. The van der Waals surface area contributed by atoms with E-state index in [0.29, 0.717) is 5.11 Å². The Kier molecular flexibility index (Phi) is 5.19. The van der Waals surface area contributed by atoms with Crippen LogP contribution in [0.25, 0.3) is 0 Å². The van der Waals surface area contributed by atoms with E-state index in [2.05, 4.69) is 21.1 Å². The average molecular weight is 186 g/mol. The molecule has 0 atom stereocenters. The Labute approximate surface area is 78.1 Å². The minimum absolute atomic E-state index is 0.400. The van der Waals surface area contributed by atoms with Crippen LogP contribution in [0.15, 0.2) is 10.2 Å². The molecule has 0 aromatic rings. The molecule has 0 fully saturated rings. The smallest absolute Gasteiger partial charge is 0.207 e. The van der Waals surface area contributed by atoms with Crippen molar-refractivity contribution in [3.63, 3.8) is 0 Å². The lowest BCUT2D eigenvalue weighted by Crippen LogP contribution is -2.29. The Balaban J connectivity index is 3.76. The lowest BCUT2D eigenvalue weighted by Gasteiger charge is -2.01. The van der Waals surface area contributed by atoms with Gasteiger partial charge in [0.1, 0.15) is 0 Å². The van der Waals surface area contributed by atoms with Gasteiger partial charge in [-0.1, -0.05) is 0 Å². The number of hydrogen-bond acceptors (Lipinski definition) is 3. The first-order valence-corrected chi connectivity index (χ1v) is 4.01. The Hall–Kier alpha value is -0.970. The van der Waals surface area contributed by atoms with Gasteiger partial charge in [-0.25, -0.2) is 0 Å². The Morgan fingerprint density at radius 3 is 1.50 bits per heavy atom. The van der Waals surface area contributed by atoms with E-state index in [-0.39, 0.29) is 0 Å². The van der Waals surface area contributed by atoms with E-state index in [9.17, 15) is 0 Å². The van der Waals surface area contributed by atoms with Crippen LogP contribution in [0, 0.1) is 0 Å². The van der Waals surface area contributed by atoms with Gasteiger partial charge >= 0.3 is 0 Å². The summed E-state index contributed by atoms with van der Waals surface area (Å²) >= 11 is 4.85. The molecular weight excluding hydrogens is 172 g/mol. The van der Waals surface area contributed by atoms with Gasteiger partial charge in [0.15, 0.2) is 0 Å². The second kappa shape index (κ2) is 5.65. The van der Waals surface area contributed by atoms with Gasteiger partial charge in [-0.2, -0.15) is 10.2 Å². The van der Waals surface area contributed by atoms with Gasteiger partial charge in [0.25, 0.3) is 0 Å². The van der Waals surface area contributed by atoms with Gasteiger partial charge in [0.2, 0.25) is 5.11 Å². The third-order valence-electron chi connectivity index (χ3n) is 0.762. The molecule has 0 rings (SSSR count). The van der Waals surface area contributed by atoms with Crippen molar-refractivity contribution in [2.45, 2.75) is 27.7 Å². The zero-order valence-corrected chi connectivity index (χ0v) is 8.62. The molecule has 0 unspecified atom stereocenters. The van der Waals surface area contributed by atoms with E-state index >= 15 is 0 Å². The van der Waals surface area contributed by atoms with Crippen LogP contribution >= 0.6 is 12.2 Å². The van der Waals surface area contributed by atoms with Crippen LogP contribution in [-0.2, 0) is 0 Å². The Morgan fingerprint density at radius 1 is 0.917 bits per heavy atom. The van der Waals surface area contributed by atoms with Crippen molar-refractivity contribution in [2.75, 3.05) is 0 Å². The molecule has 4 nitrogen and oxygen atoms in total. The summed E-state index contributed by atoms with van der Waals surface area (Å²) in [5, 5.41) is 8.19. The third-order valence-corrected chi connectivity index (χ3v) is 0.945. The molecule has 0 aliphatic carbocycles. The molecule has 0 aromatic carbocycles. The van der Waals surface area contributed by atoms with Gasteiger partial charge < -0.3 is 0 Å². The largest absolute Gasteiger partial charge is 0.252 e. The third kappa shape index (κ3) is 7.14. The van der Waals surface area contributed by atoms with Crippen LogP contribution < -0.4 is 10.9 Å². The van der Waals surface area contributed by atoms with Crippen LogP contribution in [0.4, 0.5) is 0 Å². The van der Waals surface area contributed by atoms with Crippen LogP contribution in [0.1, 0.15) is 27.7 Å². The van der Waals surface area contributed by atoms with E-state index < -0.39 is 0 Å². The summed E-state index contributed by atoms with van der Waals surface area (Å²) in [7, 11) is 0. The monoisotopic (exact) mass is 186 g/mol. The quantitative estimate of drug-likeness (QED) is 0.387. The summed E-state index contributed by atoms with van der Waals surface area (Å²) in [4.78, 5) is 0. The Morgan fingerprint density at radius 2 is 1.25 bits per heavy atom. The second-order valence-corrected chi connectivity index (χ2v) is 3.08. The standard InChI is InChI=1S/C7H14N4S/c1-5(2)8-10-7(12)11-9-6(3)4/h1-4H3,(H2,10,11,12). The van der Waals surface area contributed by atoms with Crippen LogP contribution in [0.5, 0.6) is 0 Å². The van der Waals surface area contributed by atoms with Crippen molar-refractivity contribution in [3.05, 3.63) is 0 Å². The van der Waals surface area contributed by atoms with Crippen LogP contribution in [-0.4, -0.2) is 16.5 Å². The summed E-state index contributed by atoms with van der Waals surface area (Å²) in [6, 6.07) is 0. The van der Waals surface area contributed by atoms with Crippen molar-refractivity contribution in [1.82, 2.24) is 10.9 Å². The molecule has 0 aliphatic rings. The van der Waals surface area contributed by atoms with Crippen molar-refractivity contribution in [2.24, 2.45) is 10.2 Å². The highest BCUT2D eigenvalue weighted by molar-refractivity contribution is 7.80. The molecule has 0 heterocycles. The maximum atomic E-state index is 4.85. The Bertz CT molecular complexity index is 189. The van der Waals surface area contributed by atoms with Gasteiger partial charge in [-0.15, -0.1) is 0 Å². The van der Waals surface area contributed by atoms with E-state index in [1.165, 1.54) is 0 Å². The molecule has 68 valence electrons. The number of hydrogen-bond donors (Lipinski definition) is 2. The molecule has 12 heavy (non-hydrogen) atoms. The van der Waals surface area contributed by atoms with Gasteiger partial charge in [-0.3, -0.25) is 10.9 Å². The molecule has 0 spiro atoms. The van der Waals surface area contributed by atoms with E-state index in [0.717, 1.165) is 11.4 Å². The molecule has 0 amide bonds. The van der Waals surface area contributed by atoms with Gasteiger partial charge in [0, 0.05) is 11.4 Å². The van der Waals surface area contributed by atoms with Gasteiger partial charge in [0.05, 0.1) is 0 Å². The van der Waals surface area contributed by atoms with Crippen molar-refractivity contribution < 1.29 is 0 Å². The molecule has 0 saturated heterocycles. The minimum Gasteiger partial charge on any atom is -0.252 e. The van der Waals surface area contributed by atoms with E-state index in [1.807, 2.05) is 27.7 Å². The summed E-state index contributed by atoms with van der Waals surface area (Å²) in [6.07, 6.45) is 0. The van der Waals surface area contributed by atoms with Crippen LogP contribution in [0.3, 0.4) is 0 Å². The lowest BCUT2D eigenvalue weighted by atomic mass is 10.5. The summed E-state index contributed by atoms with van der Waals surface area (Å²) in [5.74, 6) is 0. The number of hydrazone groups is 2. The van der Waals surface area contributed by atoms with Gasteiger partial charge in [-0.05, 0) is 39.9 Å². The van der Waals surface area contributed by atoms with Crippen molar-refractivity contribution >= 4 is 28.8 Å². The zero-order valence-electron chi connectivity index (χ0n) is 7.80. The molecule has 0 saturated carbocycles. The van der Waals surface area contributed by atoms with E-state index in [1.54, 1.807) is 0 Å². The maximum Gasteiger partial charge on any atom is 0.207 e. The fraction of sp³-hybridized carbons (Fsp3) is 0.571. The fourth-order valence-electron chi connectivity index (χ4n) is 0.350. The van der Waals surface area contributed by atoms with Crippen molar-refractivity contribution in [3.8, 4) is 0 Å². The first-order valence-electron chi connectivity index (χ1n) is 3.60. The highest BCUT2D eigenvalue weighted by Crippen LogP contribution is 1.74. The van der Waals surface area contributed by atoms with Crippen molar-refractivity contribution in [1.29, 1.82) is 0 Å². The number of thiocarbonyl (C=S) groups is 1. The second-order valence-electron chi connectivity index (χ2n) is 2.67. The van der Waals surface area contributed by atoms with Crippen LogP contribution in [0.2, 0.25) is 0 Å². The average Bonchev–Trinajstić information content (AvgIpc) is 1.96. The predicted octanol–water partition coefficient (Wildman–Crippen LogP) is 1.24. The zero-order chi connectivity index (χ0) is 9.56. The lowest BCUT2D eigenvalue weighted by molar-refractivity contribution is 0.922. The summed E-state index contributed by atoms with van der Waals surface area (Å²) < 4.78 is 0. The highest BCUT2D eigenvalue weighted by Gasteiger charge is 1.88. The highest BCUT2D eigenvalue weighted by atomic mass is 32.1. The predicted molar refractivity (Wildman–Crippen MR) is 56.4 cm³/mol. The number of nitrogens with zero attached hydrogens (tertiary/aromatic N) is 2. The SMILES string of the molecule is CC(C)=NNC(=S)NN=C(C)C. The molecule has 2 N–H and O–H groups in total. The first kappa shape index (κ1) is 11.0. The maximum absolute atomic E-state index is 4.85. The molecule has 0 aliphatic heterocycles. The topological polar surface area (TPSA) is 48.8 Å². The minimum atomic E-state index is 0.400. The fourth-order valence-corrected chi connectivity index (χ4v) is 0.441. The molecule has 0 bridgehead atoms. The first-order chi connectivity index (χ1) is 5.52. The molecular formula is C7H14N4S. The molecule has 5 heteroatoms. The number of nitrogens with one attached hydrogen (secondary N) is 2. The molecule has 0 radical (unpaired) electrons. The van der Waals surface area contributed by atoms with E-state index in [4.69, 9.17) is 12.2 Å². The number of rotatable bonds is 2. The molecule has 0 aromatic heterocycles. The summed E-state index contributed by atoms with van der Waals surface area (Å²) in [5.41, 5.74) is 7.10.